The zero-order chi connectivity index (χ0) is 16.3. The Hall–Kier alpha value is -2.05. The van der Waals surface area contributed by atoms with Crippen LogP contribution in [0.3, 0.4) is 0 Å². The molecule has 0 unspecified atom stereocenters. The second-order valence-corrected chi connectivity index (χ2v) is 5.52. The average molecular weight is 340 g/mol. The zero-order valence-electron chi connectivity index (χ0n) is 13.5. The number of hydrogen-bond acceptors (Lipinski definition) is 4. The number of benzene rings is 1. The molecule has 0 atom stereocenters. The lowest BCUT2D eigenvalue weighted by Crippen LogP contribution is -2.33. The maximum Gasteiger partial charge on any atom is 0.267 e. The molecule has 0 aliphatic rings. The number of aryl methyl sites for hydroxylation is 1. The van der Waals surface area contributed by atoms with Gasteiger partial charge in [-0.3, -0.25) is 9.59 Å². The number of carbonyl (C=O) groups excluding carboxylic acids is 1. The Kier molecular flexibility index (Phi) is 6.60. The maximum absolute atomic E-state index is 12.3. The average Bonchev–Trinajstić information content (AvgIpc) is 2.49. The summed E-state index contributed by atoms with van der Waals surface area (Å²) in [7, 11) is 5.49. The molecule has 1 heterocycles. The minimum Gasteiger partial charge on any atom is -0.506 e. The van der Waals surface area contributed by atoms with Crippen molar-refractivity contribution in [3.05, 3.63) is 40.2 Å². The molecular formula is C16H22ClN3O3. The highest BCUT2D eigenvalue weighted by Crippen LogP contribution is 2.25. The molecule has 0 bridgehead atoms. The molecular weight excluding hydrogens is 318 g/mol. The van der Waals surface area contributed by atoms with Gasteiger partial charge < -0.3 is 19.9 Å². The second kappa shape index (κ2) is 7.99. The van der Waals surface area contributed by atoms with E-state index in [4.69, 9.17) is 0 Å². The molecule has 0 aliphatic heterocycles. The fourth-order valence-electron chi connectivity index (χ4n) is 2.37. The van der Waals surface area contributed by atoms with Gasteiger partial charge in [0.25, 0.3) is 11.5 Å². The van der Waals surface area contributed by atoms with E-state index in [0.717, 1.165) is 13.0 Å². The van der Waals surface area contributed by atoms with Crippen molar-refractivity contribution in [3.63, 3.8) is 0 Å². The summed E-state index contributed by atoms with van der Waals surface area (Å²) in [4.78, 5) is 26.6. The van der Waals surface area contributed by atoms with Crippen molar-refractivity contribution in [1.29, 1.82) is 0 Å². The number of nitrogens with zero attached hydrogens (tertiary/aromatic N) is 2. The Bertz CT molecular complexity index is 756. The number of aromatic hydroxyl groups is 1. The summed E-state index contributed by atoms with van der Waals surface area (Å²) in [5.74, 6) is -0.800. The molecule has 6 nitrogen and oxygen atoms in total. The van der Waals surface area contributed by atoms with Gasteiger partial charge in [-0.15, -0.1) is 12.4 Å². The lowest BCUT2D eigenvalue weighted by Gasteiger charge is -2.13. The number of amides is 1. The van der Waals surface area contributed by atoms with Crippen molar-refractivity contribution in [2.75, 3.05) is 27.2 Å². The van der Waals surface area contributed by atoms with E-state index in [2.05, 4.69) is 5.32 Å². The van der Waals surface area contributed by atoms with Gasteiger partial charge in [-0.05, 0) is 39.2 Å². The topological polar surface area (TPSA) is 74.6 Å². The number of pyridine rings is 1. The van der Waals surface area contributed by atoms with Crippen LogP contribution in [0.1, 0.15) is 16.8 Å². The monoisotopic (exact) mass is 339 g/mol. The van der Waals surface area contributed by atoms with E-state index in [-0.39, 0.29) is 23.7 Å². The van der Waals surface area contributed by atoms with Crippen LogP contribution < -0.4 is 10.9 Å². The molecule has 23 heavy (non-hydrogen) atoms. The second-order valence-electron chi connectivity index (χ2n) is 5.52. The summed E-state index contributed by atoms with van der Waals surface area (Å²) >= 11 is 0. The Morgan fingerprint density at radius 3 is 2.61 bits per heavy atom. The van der Waals surface area contributed by atoms with Gasteiger partial charge in [-0.1, -0.05) is 12.1 Å². The highest BCUT2D eigenvalue weighted by Gasteiger charge is 2.20. The zero-order valence-corrected chi connectivity index (χ0v) is 14.3. The Morgan fingerprint density at radius 2 is 1.96 bits per heavy atom. The molecule has 2 aromatic rings. The highest BCUT2D eigenvalue weighted by atomic mass is 35.5. The summed E-state index contributed by atoms with van der Waals surface area (Å²) in [6, 6.07) is 6.95. The van der Waals surface area contributed by atoms with E-state index >= 15 is 0 Å². The maximum atomic E-state index is 12.3. The molecule has 0 radical (unpaired) electrons. The molecule has 0 saturated carbocycles. The van der Waals surface area contributed by atoms with E-state index in [0.29, 0.717) is 17.4 Å². The van der Waals surface area contributed by atoms with Crippen molar-refractivity contribution in [2.24, 2.45) is 7.05 Å². The van der Waals surface area contributed by atoms with Crippen molar-refractivity contribution in [1.82, 2.24) is 14.8 Å². The molecule has 2 N–H and O–H groups in total. The number of rotatable bonds is 5. The van der Waals surface area contributed by atoms with Crippen molar-refractivity contribution >= 4 is 29.2 Å². The number of aromatic nitrogens is 1. The van der Waals surface area contributed by atoms with Crippen LogP contribution in [-0.4, -0.2) is 47.7 Å². The fraction of sp³-hybridized carbons (Fsp3) is 0.375. The molecule has 0 spiro atoms. The molecule has 1 aromatic heterocycles. The van der Waals surface area contributed by atoms with Gasteiger partial charge in [0.05, 0.1) is 5.52 Å². The summed E-state index contributed by atoms with van der Waals surface area (Å²) in [6.45, 7) is 1.29. The van der Waals surface area contributed by atoms with Gasteiger partial charge >= 0.3 is 0 Å². The molecule has 7 heteroatoms. The van der Waals surface area contributed by atoms with Crippen LogP contribution in [0.4, 0.5) is 0 Å². The van der Waals surface area contributed by atoms with E-state index in [9.17, 15) is 14.7 Å². The number of halogens is 1. The quantitative estimate of drug-likeness (QED) is 0.806. The molecule has 0 saturated heterocycles. The van der Waals surface area contributed by atoms with E-state index in [1.165, 1.54) is 4.57 Å². The first-order valence-electron chi connectivity index (χ1n) is 7.17. The number of fused-ring (bicyclic) bond motifs is 1. The third-order valence-corrected chi connectivity index (χ3v) is 3.57. The summed E-state index contributed by atoms with van der Waals surface area (Å²) in [6.07, 6.45) is 0.771. The Balaban J connectivity index is 0.00000264. The summed E-state index contributed by atoms with van der Waals surface area (Å²) < 4.78 is 1.38. The van der Waals surface area contributed by atoms with Crippen molar-refractivity contribution < 1.29 is 9.90 Å². The first kappa shape index (κ1) is 19.0. The fourth-order valence-corrected chi connectivity index (χ4v) is 2.37. The van der Waals surface area contributed by atoms with Crippen LogP contribution in [-0.2, 0) is 7.05 Å². The van der Waals surface area contributed by atoms with Gasteiger partial charge in [-0.25, -0.2) is 0 Å². The van der Waals surface area contributed by atoms with Gasteiger partial charge in [-0.2, -0.15) is 0 Å². The smallest absolute Gasteiger partial charge is 0.267 e. The normalized spacial score (nSPS) is 10.6. The van der Waals surface area contributed by atoms with Crippen LogP contribution in [0.25, 0.3) is 10.9 Å². The summed E-state index contributed by atoms with van der Waals surface area (Å²) in [5.41, 5.74) is -0.110. The number of para-hydroxylation sites is 1. The van der Waals surface area contributed by atoms with Crippen molar-refractivity contribution in [3.8, 4) is 5.75 Å². The molecule has 126 valence electrons. The standard InChI is InChI=1S/C16H21N3O3.ClH/c1-18(2)10-6-9-17-15(21)13-14(20)11-7-4-5-8-12(11)19(3)16(13)22;/h4-5,7-8,20H,6,9-10H2,1-3H3,(H,17,21);1H. The predicted molar refractivity (Wildman–Crippen MR) is 93.6 cm³/mol. The predicted octanol–water partition coefficient (Wildman–Crippen LogP) is 1.35. The molecule has 0 aliphatic carbocycles. The minimum atomic E-state index is -0.539. The van der Waals surface area contributed by atoms with Crippen LogP contribution in [0.5, 0.6) is 5.75 Å². The largest absolute Gasteiger partial charge is 0.506 e. The lowest BCUT2D eigenvalue weighted by molar-refractivity contribution is 0.0948. The van der Waals surface area contributed by atoms with Gasteiger partial charge in [0.2, 0.25) is 0 Å². The van der Waals surface area contributed by atoms with Gasteiger partial charge in [0, 0.05) is 19.0 Å². The van der Waals surface area contributed by atoms with Crippen LogP contribution in [0.2, 0.25) is 0 Å². The van der Waals surface area contributed by atoms with Crippen LogP contribution in [0, 0.1) is 0 Å². The van der Waals surface area contributed by atoms with Gasteiger partial charge in [0.15, 0.2) is 0 Å². The van der Waals surface area contributed by atoms with Crippen LogP contribution in [0.15, 0.2) is 29.1 Å². The molecule has 0 fully saturated rings. The van der Waals surface area contributed by atoms with E-state index < -0.39 is 11.5 Å². The number of carbonyl (C=O) groups is 1. The van der Waals surface area contributed by atoms with Gasteiger partial charge in [0.1, 0.15) is 11.3 Å². The number of hydrogen-bond donors (Lipinski definition) is 2. The summed E-state index contributed by atoms with van der Waals surface area (Å²) in [5, 5.41) is 13.5. The third-order valence-electron chi connectivity index (χ3n) is 3.57. The number of nitrogens with one attached hydrogen (secondary N) is 1. The molecule has 1 amide bonds. The molecule has 1 aromatic carbocycles. The third kappa shape index (κ3) is 4.03. The highest BCUT2D eigenvalue weighted by molar-refractivity contribution is 6.02. The molecule has 2 rings (SSSR count). The van der Waals surface area contributed by atoms with E-state index in [1.54, 1.807) is 31.3 Å². The Morgan fingerprint density at radius 1 is 1.30 bits per heavy atom. The van der Waals surface area contributed by atoms with Crippen LogP contribution >= 0.6 is 12.4 Å². The van der Waals surface area contributed by atoms with E-state index in [1.807, 2.05) is 19.0 Å². The Labute approximate surface area is 141 Å². The van der Waals surface area contributed by atoms with Crippen molar-refractivity contribution in [2.45, 2.75) is 6.42 Å². The lowest BCUT2D eigenvalue weighted by atomic mass is 10.1. The first-order chi connectivity index (χ1) is 10.4. The minimum absolute atomic E-state index is 0. The SMILES string of the molecule is CN(C)CCCNC(=O)c1c(O)c2ccccc2n(C)c1=O.Cl. The first-order valence-corrected chi connectivity index (χ1v) is 7.17.